The highest BCUT2D eigenvalue weighted by Gasteiger charge is 2.44. The van der Waals surface area contributed by atoms with Crippen molar-refractivity contribution in [3.05, 3.63) is 43.0 Å². The highest BCUT2D eigenvalue weighted by Crippen LogP contribution is 2.43. The van der Waals surface area contributed by atoms with Gasteiger partial charge in [-0.1, -0.05) is 6.07 Å². The van der Waals surface area contributed by atoms with E-state index in [0.717, 1.165) is 72.1 Å². The van der Waals surface area contributed by atoms with Gasteiger partial charge in [-0.25, -0.2) is 9.97 Å². The summed E-state index contributed by atoms with van der Waals surface area (Å²) in [7, 11) is 2.01. The second-order valence-corrected chi connectivity index (χ2v) is 8.59. The molecule has 0 saturated carbocycles. The lowest BCUT2D eigenvalue weighted by Gasteiger charge is -2.39. The number of amides is 1. The molecule has 0 unspecified atom stereocenters. The molecule has 1 spiro atoms. The third kappa shape index (κ3) is 2.47. The molecule has 2 N–H and O–H groups in total. The molecular formula is C23H24N6O. The maximum absolute atomic E-state index is 12.4. The number of rotatable bonds is 2. The molecule has 7 nitrogen and oxygen atoms in total. The summed E-state index contributed by atoms with van der Waals surface area (Å²) in [6.07, 6.45) is 8.50. The predicted molar refractivity (Wildman–Crippen MR) is 117 cm³/mol. The van der Waals surface area contributed by atoms with Crippen LogP contribution in [0, 0.1) is 5.41 Å². The van der Waals surface area contributed by atoms with Crippen LogP contribution in [0.25, 0.3) is 33.2 Å². The first-order valence-corrected chi connectivity index (χ1v) is 10.6. The molecule has 2 saturated heterocycles. The normalized spacial score (nSPS) is 18.6. The molecule has 2 fully saturated rings. The first-order valence-electron chi connectivity index (χ1n) is 10.6. The van der Waals surface area contributed by atoms with Crippen molar-refractivity contribution in [1.82, 2.24) is 24.8 Å². The molecule has 1 aromatic carbocycles. The summed E-state index contributed by atoms with van der Waals surface area (Å²) in [4.78, 5) is 27.3. The van der Waals surface area contributed by atoms with Gasteiger partial charge in [0.25, 0.3) is 0 Å². The Morgan fingerprint density at radius 1 is 1.10 bits per heavy atom. The van der Waals surface area contributed by atoms with Gasteiger partial charge in [0.05, 0.1) is 28.5 Å². The second-order valence-electron chi connectivity index (χ2n) is 8.59. The Morgan fingerprint density at radius 2 is 1.97 bits per heavy atom. The zero-order chi connectivity index (χ0) is 20.3. The van der Waals surface area contributed by atoms with Crippen molar-refractivity contribution in [2.24, 2.45) is 12.5 Å². The highest BCUT2D eigenvalue weighted by molar-refractivity contribution is 6.00. The van der Waals surface area contributed by atoms with Crippen molar-refractivity contribution in [3.63, 3.8) is 0 Å². The van der Waals surface area contributed by atoms with E-state index >= 15 is 0 Å². The Bertz CT molecular complexity index is 1280. The molecule has 2 aliphatic rings. The van der Waals surface area contributed by atoms with Crippen molar-refractivity contribution in [2.75, 3.05) is 24.5 Å². The van der Waals surface area contributed by atoms with Crippen LogP contribution in [-0.4, -0.2) is 45.1 Å². The molecule has 0 bridgehead atoms. The van der Waals surface area contributed by atoms with E-state index in [1.54, 1.807) is 0 Å². The van der Waals surface area contributed by atoms with E-state index in [-0.39, 0.29) is 11.3 Å². The molecule has 0 aliphatic carbocycles. The molecule has 152 valence electrons. The van der Waals surface area contributed by atoms with Gasteiger partial charge in [0.2, 0.25) is 5.91 Å². The summed E-state index contributed by atoms with van der Waals surface area (Å²) in [5, 5.41) is 4.16. The van der Waals surface area contributed by atoms with Gasteiger partial charge in [0.1, 0.15) is 5.65 Å². The molecule has 0 atom stereocenters. The number of hydrogen-bond acceptors (Lipinski definition) is 4. The topological polar surface area (TPSA) is 78.8 Å². The van der Waals surface area contributed by atoms with Crippen molar-refractivity contribution < 1.29 is 4.79 Å². The number of H-pyrrole nitrogens is 1. The Labute approximate surface area is 174 Å². The summed E-state index contributed by atoms with van der Waals surface area (Å²) >= 11 is 0. The van der Waals surface area contributed by atoms with Crippen LogP contribution in [0.15, 0.2) is 43.0 Å². The highest BCUT2D eigenvalue weighted by atomic mass is 16.2. The van der Waals surface area contributed by atoms with Gasteiger partial charge in [0.15, 0.2) is 0 Å². The van der Waals surface area contributed by atoms with Gasteiger partial charge in [-0.05, 0) is 43.0 Å². The largest absolute Gasteiger partial charge is 0.370 e. The fourth-order valence-electron chi connectivity index (χ4n) is 5.20. The minimum atomic E-state index is -0.173. The number of nitrogens with one attached hydrogen (secondary N) is 2. The summed E-state index contributed by atoms with van der Waals surface area (Å²) in [6, 6.07) is 8.52. The van der Waals surface area contributed by atoms with Crippen LogP contribution < -0.4 is 10.2 Å². The maximum Gasteiger partial charge on any atom is 0.226 e. The van der Waals surface area contributed by atoms with Crippen LogP contribution in [0.2, 0.25) is 0 Å². The number of carbonyl (C=O) groups is 1. The van der Waals surface area contributed by atoms with Gasteiger partial charge in [-0.15, -0.1) is 0 Å². The zero-order valence-corrected chi connectivity index (χ0v) is 17.0. The standard InChI is InChI=1S/C23H24N6O/c1-28-14-27-18-12-15(2-3-19(18)28)17-13-26-21-16(4-8-24-21)20(17)29-10-6-23(7-11-29)5-9-25-22(23)30/h2-4,8,12-14H,5-7,9-11H2,1H3,(H,24,26)(H,25,30). The number of aryl methyl sites for hydroxylation is 1. The van der Waals surface area contributed by atoms with E-state index < -0.39 is 0 Å². The van der Waals surface area contributed by atoms with Crippen molar-refractivity contribution in [1.29, 1.82) is 0 Å². The summed E-state index contributed by atoms with van der Waals surface area (Å²) < 4.78 is 2.03. The van der Waals surface area contributed by atoms with Gasteiger partial charge in [-0.2, -0.15) is 0 Å². The molecule has 2 aliphatic heterocycles. The molecule has 7 heteroatoms. The van der Waals surface area contributed by atoms with Crippen molar-refractivity contribution in [2.45, 2.75) is 19.3 Å². The lowest BCUT2D eigenvalue weighted by molar-refractivity contribution is -0.128. The summed E-state index contributed by atoms with van der Waals surface area (Å²) in [5.41, 5.74) is 6.25. The Kier molecular flexibility index (Phi) is 3.69. The van der Waals surface area contributed by atoms with E-state index in [0.29, 0.717) is 0 Å². The number of aromatic nitrogens is 4. The van der Waals surface area contributed by atoms with Crippen molar-refractivity contribution >= 4 is 33.7 Å². The summed E-state index contributed by atoms with van der Waals surface area (Å²) in [5.74, 6) is 0.240. The fraction of sp³-hybridized carbons (Fsp3) is 0.348. The van der Waals surface area contributed by atoms with Crippen LogP contribution in [0.5, 0.6) is 0 Å². The number of nitrogens with zero attached hydrogens (tertiary/aromatic N) is 4. The Morgan fingerprint density at radius 3 is 2.77 bits per heavy atom. The second kappa shape index (κ2) is 6.32. The number of piperidine rings is 1. The number of pyridine rings is 1. The van der Waals surface area contributed by atoms with Crippen LogP contribution in [0.1, 0.15) is 19.3 Å². The minimum Gasteiger partial charge on any atom is -0.370 e. The van der Waals surface area contributed by atoms with Gasteiger partial charge in [0, 0.05) is 50.0 Å². The Balaban J connectivity index is 1.44. The monoisotopic (exact) mass is 400 g/mol. The first kappa shape index (κ1) is 17.5. The summed E-state index contributed by atoms with van der Waals surface area (Å²) in [6.45, 7) is 2.55. The molecule has 0 radical (unpaired) electrons. The molecular weight excluding hydrogens is 376 g/mol. The van der Waals surface area contributed by atoms with E-state index in [9.17, 15) is 4.79 Å². The van der Waals surface area contributed by atoms with E-state index in [1.165, 1.54) is 5.69 Å². The van der Waals surface area contributed by atoms with Gasteiger partial charge in [-0.3, -0.25) is 4.79 Å². The molecule has 30 heavy (non-hydrogen) atoms. The van der Waals surface area contributed by atoms with Crippen LogP contribution >= 0.6 is 0 Å². The average molecular weight is 400 g/mol. The number of hydrogen-bond donors (Lipinski definition) is 2. The molecule has 4 aromatic rings. The SMILES string of the molecule is Cn1cnc2cc(-c3cnc4[nH]ccc4c3N3CCC4(CCNC4=O)CC3)ccc21. The number of aromatic amines is 1. The fourth-order valence-corrected chi connectivity index (χ4v) is 5.20. The smallest absolute Gasteiger partial charge is 0.226 e. The van der Waals surface area contributed by atoms with E-state index in [2.05, 4.69) is 49.4 Å². The van der Waals surface area contributed by atoms with Gasteiger partial charge < -0.3 is 19.8 Å². The molecule has 3 aromatic heterocycles. The minimum absolute atomic E-state index is 0.173. The predicted octanol–water partition coefficient (Wildman–Crippen LogP) is 3.22. The lowest BCUT2D eigenvalue weighted by Crippen LogP contribution is -2.44. The number of carbonyl (C=O) groups excluding carboxylic acids is 1. The van der Waals surface area contributed by atoms with Crippen LogP contribution in [-0.2, 0) is 11.8 Å². The number of imidazole rings is 1. The van der Waals surface area contributed by atoms with Crippen molar-refractivity contribution in [3.8, 4) is 11.1 Å². The van der Waals surface area contributed by atoms with E-state index in [1.807, 2.05) is 30.3 Å². The van der Waals surface area contributed by atoms with Gasteiger partial charge >= 0.3 is 0 Å². The average Bonchev–Trinajstić information content (AvgIpc) is 3.48. The molecule has 1 amide bonds. The quantitative estimate of drug-likeness (QED) is 0.542. The van der Waals surface area contributed by atoms with Crippen LogP contribution in [0.3, 0.4) is 0 Å². The zero-order valence-electron chi connectivity index (χ0n) is 17.0. The number of benzene rings is 1. The Hall–Kier alpha value is -3.35. The maximum atomic E-state index is 12.4. The molecule has 6 rings (SSSR count). The van der Waals surface area contributed by atoms with E-state index in [4.69, 9.17) is 0 Å². The number of anilines is 1. The number of fused-ring (bicyclic) bond motifs is 2. The third-order valence-electron chi connectivity index (χ3n) is 7.00. The molecule has 5 heterocycles. The first-order chi connectivity index (χ1) is 14.6. The lowest BCUT2D eigenvalue weighted by atomic mass is 9.77. The van der Waals surface area contributed by atoms with Crippen LogP contribution in [0.4, 0.5) is 5.69 Å². The third-order valence-corrected chi connectivity index (χ3v) is 7.00.